The fourth-order valence-corrected chi connectivity index (χ4v) is 2.85. The lowest BCUT2D eigenvalue weighted by Gasteiger charge is -2.10. The minimum absolute atomic E-state index is 0.191. The standard InChI is InChI=1S/C19H16FN5O/c1-12-22-15-5-3-4-6-16(15)25(12)19-11-21-10-18(24-19)23-13-7-8-17(26-2)14(20)9-13/h3-11H,1-2H3,(H,23,24). The maximum atomic E-state index is 13.9. The summed E-state index contributed by atoms with van der Waals surface area (Å²) >= 11 is 0. The van der Waals surface area contributed by atoms with E-state index >= 15 is 0 Å². The molecule has 0 radical (unpaired) electrons. The number of ether oxygens (including phenoxy) is 1. The van der Waals surface area contributed by atoms with Gasteiger partial charge in [0.15, 0.2) is 23.2 Å². The Balaban J connectivity index is 1.71. The van der Waals surface area contributed by atoms with Crippen molar-refractivity contribution in [1.82, 2.24) is 19.5 Å². The SMILES string of the molecule is COc1ccc(Nc2cncc(-n3c(C)nc4ccccc43)n2)cc1F. The zero-order valence-electron chi connectivity index (χ0n) is 14.3. The van der Waals surface area contributed by atoms with Crippen LogP contribution in [0.15, 0.2) is 54.9 Å². The van der Waals surface area contributed by atoms with Gasteiger partial charge in [-0.1, -0.05) is 12.1 Å². The number of rotatable bonds is 4. The van der Waals surface area contributed by atoms with Crippen LogP contribution in [-0.4, -0.2) is 26.6 Å². The van der Waals surface area contributed by atoms with Crippen molar-refractivity contribution in [2.45, 2.75) is 6.92 Å². The molecule has 0 saturated carbocycles. The Morgan fingerprint density at radius 2 is 1.92 bits per heavy atom. The summed E-state index contributed by atoms with van der Waals surface area (Å²) in [5.74, 6) is 1.70. The largest absolute Gasteiger partial charge is 0.494 e. The maximum absolute atomic E-state index is 13.9. The van der Waals surface area contributed by atoms with E-state index in [0.717, 1.165) is 16.9 Å². The van der Waals surface area contributed by atoms with Crippen molar-refractivity contribution in [2.24, 2.45) is 0 Å². The van der Waals surface area contributed by atoms with Gasteiger partial charge in [-0.05, 0) is 31.2 Å². The summed E-state index contributed by atoms with van der Waals surface area (Å²) in [7, 11) is 1.43. The number of nitrogens with zero attached hydrogens (tertiary/aromatic N) is 4. The second-order valence-electron chi connectivity index (χ2n) is 5.72. The topological polar surface area (TPSA) is 64.9 Å². The van der Waals surface area contributed by atoms with Crippen LogP contribution in [0.25, 0.3) is 16.9 Å². The first kappa shape index (κ1) is 16.0. The van der Waals surface area contributed by atoms with Gasteiger partial charge in [0.2, 0.25) is 0 Å². The second kappa shape index (κ2) is 6.44. The molecule has 2 aromatic heterocycles. The van der Waals surface area contributed by atoms with E-state index in [-0.39, 0.29) is 5.75 Å². The molecule has 2 aromatic carbocycles. The van der Waals surface area contributed by atoms with Crippen molar-refractivity contribution < 1.29 is 9.13 Å². The molecule has 1 N–H and O–H groups in total. The van der Waals surface area contributed by atoms with Crippen molar-refractivity contribution in [3.8, 4) is 11.6 Å². The maximum Gasteiger partial charge on any atom is 0.167 e. The third-order valence-electron chi connectivity index (χ3n) is 4.00. The minimum Gasteiger partial charge on any atom is -0.494 e. The molecule has 0 aliphatic heterocycles. The van der Waals surface area contributed by atoms with Crippen LogP contribution in [0.1, 0.15) is 5.82 Å². The highest BCUT2D eigenvalue weighted by atomic mass is 19.1. The number of hydrogen-bond donors (Lipinski definition) is 1. The van der Waals surface area contributed by atoms with Crippen molar-refractivity contribution in [1.29, 1.82) is 0 Å². The summed E-state index contributed by atoms with van der Waals surface area (Å²) in [5.41, 5.74) is 2.40. The average Bonchev–Trinajstić information content (AvgIpc) is 2.98. The van der Waals surface area contributed by atoms with Gasteiger partial charge in [0.05, 0.1) is 30.5 Å². The molecular weight excluding hydrogens is 333 g/mol. The molecule has 0 spiro atoms. The molecule has 4 rings (SSSR count). The van der Waals surface area contributed by atoms with Crippen LogP contribution in [0.2, 0.25) is 0 Å². The number of halogens is 1. The van der Waals surface area contributed by atoms with Gasteiger partial charge in [0.25, 0.3) is 0 Å². The lowest BCUT2D eigenvalue weighted by Crippen LogP contribution is -2.03. The normalized spacial score (nSPS) is 10.9. The number of hydrogen-bond acceptors (Lipinski definition) is 5. The van der Waals surface area contributed by atoms with Crippen LogP contribution in [0.4, 0.5) is 15.9 Å². The van der Waals surface area contributed by atoms with Crippen molar-refractivity contribution in [3.63, 3.8) is 0 Å². The highest BCUT2D eigenvalue weighted by Gasteiger charge is 2.11. The van der Waals surface area contributed by atoms with Gasteiger partial charge in [-0.3, -0.25) is 9.55 Å². The van der Waals surface area contributed by atoms with E-state index in [0.29, 0.717) is 17.3 Å². The number of aryl methyl sites for hydroxylation is 1. The summed E-state index contributed by atoms with van der Waals surface area (Å²) < 4.78 is 20.7. The number of nitrogens with one attached hydrogen (secondary N) is 1. The minimum atomic E-state index is -0.446. The van der Waals surface area contributed by atoms with E-state index in [1.165, 1.54) is 13.2 Å². The Hall–Kier alpha value is -3.48. The van der Waals surface area contributed by atoms with E-state index in [4.69, 9.17) is 4.74 Å². The van der Waals surface area contributed by atoms with E-state index in [9.17, 15) is 4.39 Å². The first-order chi connectivity index (χ1) is 12.7. The Kier molecular flexibility index (Phi) is 3.96. The molecular formula is C19H16FN5O. The highest BCUT2D eigenvalue weighted by molar-refractivity contribution is 5.77. The van der Waals surface area contributed by atoms with Crippen molar-refractivity contribution >= 4 is 22.5 Å². The summed E-state index contributed by atoms with van der Waals surface area (Å²) in [4.78, 5) is 13.4. The molecule has 0 aliphatic carbocycles. The molecule has 7 heteroatoms. The molecule has 130 valence electrons. The Bertz CT molecular complexity index is 1090. The molecule has 0 fully saturated rings. The first-order valence-electron chi connectivity index (χ1n) is 8.03. The monoisotopic (exact) mass is 349 g/mol. The molecule has 0 bridgehead atoms. The van der Waals surface area contributed by atoms with Crippen LogP contribution in [0, 0.1) is 12.7 Å². The van der Waals surface area contributed by atoms with Crippen LogP contribution in [-0.2, 0) is 0 Å². The van der Waals surface area contributed by atoms with Gasteiger partial charge in [-0.15, -0.1) is 0 Å². The lowest BCUT2D eigenvalue weighted by atomic mass is 10.3. The van der Waals surface area contributed by atoms with E-state index in [1.54, 1.807) is 24.5 Å². The fraction of sp³-hybridized carbons (Fsp3) is 0.105. The van der Waals surface area contributed by atoms with Gasteiger partial charge in [-0.25, -0.2) is 14.4 Å². The predicted molar refractivity (Wildman–Crippen MR) is 97.6 cm³/mol. The number of imidazole rings is 1. The van der Waals surface area contributed by atoms with Gasteiger partial charge in [-0.2, -0.15) is 0 Å². The first-order valence-corrected chi connectivity index (χ1v) is 8.03. The highest BCUT2D eigenvalue weighted by Crippen LogP contribution is 2.24. The third-order valence-corrected chi connectivity index (χ3v) is 4.00. The van der Waals surface area contributed by atoms with E-state index in [1.807, 2.05) is 35.8 Å². The Morgan fingerprint density at radius 1 is 1.08 bits per heavy atom. The molecule has 2 heterocycles. The van der Waals surface area contributed by atoms with Gasteiger partial charge in [0.1, 0.15) is 5.82 Å². The zero-order valence-corrected chi connectivity index (χ0v) is 14.3. The molecule has 6 nitrogen and oxygen atoms in total. The molecule has 0 amide bonds. The molecule has 0 aliphatic rings. The van der Waals surface area contributed by atoms with Gasteiger partial charge < -0.3 is 10.1 Å². The second-order valence-corrected chi connectivity index (χ2v) is 5.72. The third kappa shape index (κ3) is 2.83. The number of aromatic nitrogens is 4. The fourth-order valence-electron chi connectivity index (χ4n) is 2.85. The summed E-state index contributed by atoms with van der Waals surface area (Å²) in [6.45, 7) is 1.92. The number of para-hydroxylation sites is 2. The lowest BCUT2D eigenvalue weighted by molar-refractivity contribution is 0.386. The van der Waals surface area contributed by atoms with Crippen LogP contribution >= 0.6 is 0 Å². The Labute approximate surface area is 149 Å². The number of fused-ring (bicyclic) bond motifs is 1. The van der Waals surface area contributed by atoms with Crippen LogP contribution < -0.4 is 10.1 Å². The summed E-state index contributed by atoms with van der Waals surface area (Å²) in [6.07, 6.45) is 3.25. The molecule has 26 heavy (non-hydrogen) atoms. The molecule has 4 aromatic rings. The summed E-state index contributed by atoms with van der Waals surface area (Å²) in [5, 5.41) is 3.06. The van der Waals surface area contributed by atoms with E-state index < -0.39 is 5.82 Å². The van der Waals surface area contributed by atoms with Gasteiger partial charge in [0, 0.05) is 11.8 Å². The van der Waals surface area contributed by atoms with Crippen molar-refractivity contribution in [2.75, 3.05) is 12.4 Å². The van der Waals surface area contributed by atoms with Crippen molar-refractivity contribution in [3.05, 3.63) is 66.5 Å². The predicted octanol–water partition coefficient (Wildman–Crippen LogP) is 4.02. The van der Waals surface area contributed by atoms with Gasteiger partial charge >= 0.3 is 0 Å². The molecule has 0 unspecified atom stereocenters. The number of benzene rings is 2. The molecule has 0 saturated heterocycles. The zero-order chi connectivity index (χ0) is 18.1. The average molecular weight is 349 g/mol. The quantitative estimate of drug-likeness (QED) is 0.603. The summed E-state index contributed by atoms with van der Waals surface area (Å²) in [6, 6.07) is 12.5. The van der Waals surface area contributed by atoms with Crippen LogP contribution in [0.5, 0.6) is 5.75 Å². The molecule has 0 atom stereocenters. The Morgan fingerprint density at radius 3 is 2.73 bits per heavy atom. The number of methoxy groups -OCH3 is 1. The smallest absolute Gasteiger partial charge is 0.167 e. The van der Waals surface area contributed by atoms with E-state index in [2.05, 4.69) is 20.3 Å². The number of anilines is 2. The van der Waals surface area contributed by atoms with Crippen LogP contribution in [0.3, 0.4) is 0 Å².